The molecule has 3 unspecified atom stereocenters. The molecule has 3 atom stereocenters. The van der Waals surface area contributed by atoms with Gasteiger partial charge in [-0.1, -0.05) is 49.2 Å². The van der Waals surface area contributed by atoms with Crippen molar-refractivity contribution in [2.24, 2.45) is 5.92 Å². The second kappa shape index (κ2) is 10.3. The summed E-state index contributed by atoms with van der Waals surface area (Å²) in [6, 6.07) is 7.55. The lowest BCUT2D eigenvalue weighted by Crippen LogP contribution is -2.59. The van der Waals surface area contributed by atoms with Crippen molar-refractivity contribution in [3.63, 3.8) is 0 Å². The third-order valence-corrected chi connectivity index (χ3v) is 8.10. The Bertz CT molecular complexity index is 1390. The minimum Gasteiger partial charge on any atom is -0.384 e. The van der Waals surface area contributed by atoms with E-state index in [1.807, 2.05) is 13.0 Å². The largest absolute Gasteiger partial charge is 0.384 e. The Morgan fingerprint density at radius 2 is 2.14 bits per heavy atom. The number of likely N-dealkylation sites (N-methyl/N-ethyl adjacent to an activating group) is 1. The van der Waals surface area contributed by atoms with Crippen LogP contribution in [0.5, 0.6) is 0 Å². The van der Waals surface area contributed by atoms with E-state index in [-0.39, 0.29) is 11.7 Å². The lowest BCUT2D eigenvalue weighted by atomic mass is 9.83. The van der Waals surface area contributed by atoms with E-state index in [1.165, 1.54) is 0 Å². The maximum atomic E-state index is 10.6. The van der Waals surface area contributed by atoms with Crippen molar-refractivity contribution in [3.05, 3.63) is 57.5 Å². The Labute approximate surface area is 226 Å². The van der Waals surface area contributed by atoms with E-state index in [2.05, 4.69) is 41.0 Å². The molecule has 1 aliphatic heterocycles. The van der Waals surface area contributed by atoms with Gasteiger partial charge in [-0.3, -0.25) is 4.90 Å². The number of nitrogens with zero attached hydrogens (tertiary/aromatic N) is 6. The maximum absolute atomic E-state index is 10.6. The minimum atomic E-state index is -0.739. The first-order chi connectivity index (χ1) is 17.7. The smallest absolute Gasteiger partial charge is 0.190 e. The van der Waals surface area contributed by atoms with E-state index in [4.69, 9.17) is 32.9 Å². The fraction of sp³-hybridized carbons (Fsp3) is 0.481. The number of benzene rings is 1. The van der Waals surface area contributed by atoms with Gasteiger partial charge in [-0.05, 0) is 55.5 Å². The first-order valence-electron chi connectivity index (χ1n) is 12.6. The van der Waals surface area contributed by atoms with Crippen LogP contribution in [0, 0.1) is 17.2 Å². The molecule has 5 rings (SSSR count). The van der Waals surface area contributed by atoms with Crippen LogP contribution in [0.4, 0.5) is 0 Å². The lowest BCUT2D eigenvalue weighted by Gasteiger charge is -2.44. The number of aromatic nitrogens is 4. The third kappa shape index (κ3) is 4.99. The number of hydrogen-bond donors (Lipinski definition) is 1. The summed E-state index contributed by atoms with van der Waals surface area (Å²) >= 11 is 12.6. The van der Waals surface area contributed by atoms with Gasteiger partial charge >= 0.3 is 0 Å². The molecule has 1 fully saturated rings. The highest BCUT2D eigenvalue weighted by molar-refractivity contribution is 6.35. The van der Waals surface area contributed by atoms with Gasteiger partial charge < -0.3 is 9.84 Å². The quantitative estimate of drug-likeness (QED) is 0.455. The van der Waals surface area contributed by atoms with Crippen molar-refractivity contribution < 1.29 is 9.84 Å². The molecule has 0 bridgehead atoms. The summed E-state index contributed by atoms with van der Waals surface area (Å²) in [5.41, 5.74) is 3.25. The van der Waals surface area contributed by atoms with Gasteiger partial charge in [-0.2, -0.15) is 10.4 Å². The monoisotopic (exact) mass is 540 g/mol. The number of rotatable bonds is 7. The van der Waals surface area contributed by atoms with Crippen LogP contribution in [-0.2, 0) is 4.74 Å². The summed E-state index contributed by atoms with van der Waals surface area (Å²) in [5.74, 6) is 0.369. The van der Waals surface area contributed by atoms with E-state index in [9.17, 15) is 10.4 Å². The molecule has 1 saturated heterocycles. The number of fused-ring (bicyclic) bond motifs is 1. The predicted octanol–water partition coefficient (Wildman–Crippen LogP) is 4.88. The Morgan fingerprint density at radius 3 is 2.76 bits per heavy atom. The molecular weight excluding hydrogens is 511 g/mol. The van der Waals surface area contributed by atoms with Crippen molar-refractivity contribution in [1.29, 1.82) is 5.26 Å². The van der Waals surface area contributed by atoms with Gasteiger partial charge in [-0.25, -0.2) is 14.6 Å². The van der Waals surface area contributed by atoms with E-state index in [0.717, 1.165) is 36.2 Å². The van der Waals surface area contributed by atoms with Crippen LogP contribution in [0.15, 0.2) is 30.5 Å². The first kappa shape index (κ1) is 26.1. The van der Waals surface area contributed by atoms with Crippen molar-refractivity contribution in [2.75, 3.05) is 26.3 Å². The van der Waals surface area contributed by atoms with Crippen molar-refractivity contribution in [2.45, 2.75) is 51.3 Å². The molecule has 0 amide bonds. The standard InChI is InChI=1S/C27H30Cl2N6O2/c1-4-34(13-27(36)14-37-15-27)24-8-5-18(9-16(24)2)23-12-31-25-22(11-30)33-35(26(25)32-23)17(3)20-7-6-19(28)10-21(20)29/h5-7,10,12,16-17,24,36H,4,8-9,13-15H2,1-3H3. The molecule has 1 aromatic carbocycles. The number of aliphatic hydroxyl groups is 1. The normalized spacial score (nSPS) is 21.9. The summed E-state index contributed by atoms with van der Waals surface area (Å²) in [6.45, 7) is 8.64. The van der Waals surface area contributed by atoms with Crippen LogP contribution in [-0.4, -0.2) is 67.7 Å². The van der Waals surface area contributed by atoms with Crippen molar-refractivity contribution >= 4 is 39.9 Å². The van der Waals surface area contributed by atoms with Crippen LogP contribution in [0.2, 0.25) is 10.0 Å². The molecule has 8 nitrogen and oxygen atoms in total. The van der Waals surface area contributed by atoms with Crippen molar-refractivity contribution in [1.82, 2.24) is 24.6 Å². The zero-order valence-corrected chi connectivity index (χ0v) is 22.7. The maximum Gasteiger partial charge on any atom is 0.190 e. The fourth-order valence-corrected chi connectivity index (χ4v) is 6.00. The average molecular weight is 541 g/mol. The molecule has 3 heterocycles. The first-order valence-corrected chi connectivity index (χ1v) is 13.3. The van der Waals surface area contributed by atoms with E-state index in [1.54, 1.807) is 23.0 Å². The lowest BCUT2D eigenvalue weighted by molar-refractivity contribution is -0.190. The molecule has 0 radical (unpaired) electrons. The van der Waals surface area contributed by atoms with Gasteiger partial charge in [0.15, 0.2) is 11.3 Å². The number of hydrogen-bond acceptors (Lipinski definition) is 7. The number of nitriles is 1. The van der Waals surface area contributed by atoms with Gasteiger partial charge in [0.25, 0.3) is 0 Å². The van der Waals surface area contributed by atoms with Gasteiger partial charge in [0.05, 0.1) is 31.1 Å². The third-order valence-electron chi connectivity index (χ3n) is 7.54. The number of halogens is 2. The molecule has 10 heteroatoms. The predicted molar refractivity (Wildman–Crippen MR) is 143 cm³/mol. The van der Waals surface area contributed by atoms with Crippen LogP contribution in [0.25, 0.3) is 16.7 Å². The molecule has 3 aromatic rings. The summed E-state index contributed by atoms with van der Waals surface area (Å²) in [4.78, 5) is 11.9. The minimum absolute atomic E-state index is 0.230. The SMILES string of the molecule is CCN(CC1(O)COC1)C1CC=C(c2cnc3c(C#N)nn(C(C)c4ccc(Cl)cc4Cl)c3n2)CC1C. The summed E-state index contributed by atoms with van der Waals surface area (Å²) < 4.78 is 6.96. The van der Waals surface area contributed by atoms with E-state index < -0.39 is 5.60 Å². The molecule has 1 N–H and O–H groups in total. The molecule has 0 spiro atoms. The zero-order chi connectivity index (χ0) is 26.3. The molecule has 37 heavy (non-hydrogen) atoms. The Morgan fingerprint density at radius 1 is 1.35 bits per heavy atom. The highest BCUT2D eigenvalue weighted by Gasteiger charge is 2.40. The highest BCUT2D eigenvalue weighted by atomic mass is 35.5. The molecule has 0 saturated carbocycles. The van der Waals surface area contributed by atoms with E-state index in [0.29, 0.717) is 52.9 Å². The molecule has 1 aliphatic carbocycles. The van der Waals surface area contributed by atoms with Crippen LogP contribution >= 0.6 is 23.2 Å². The highest BCUT2D eigenvalue weighted by Crippen LogP contribution is 2.35. The number of ether oxygens (including phenoxy) is 1. The van der Waals surface area contributed by atoms with Crippen LogP contribution in [0.3, 0.4) is 0 Å². The molecule has 194 valence electrons. The zero-order valence-electron chi connectivity index (χ0n) is 21.2. The average Bonchev–Trinajstić information content (AvgIpc) is 3.24. The Balaban J connectivity index is 1.45. The molecular formula is C27H30Cl2N6O2. The van der Waals surface area contributed by atoms with Gasteiger partial charge in [0.2, 0.25) is 0 Å². The Kier molecular flexibility index (Phi) is 7.27. The second-order valence-corrected chi connectivity index (χ2v) is 11.0. The Hall–Kier alpha value is -2.54. The van der Waals surface area contributed by atoms with Crippen LogP contribution in [0.1, 0.15) is 56.6 Å². The van der Waals surface area contributed by atoms with Gasteiger partial charge in [0.1, 0.15) is 17.2 Å². The summed E-state index contributed by atoms with van der Waals surface area (Å²) in [5, 5.41) is 25.9. The van der Waals surface area contributed by atoms with E-state index >= 15 is 0 Å². The van der Waals surface area contributed by atoms with Crippen LogP contribution < -0.4 is 0 Å². The second-order valence-electron chi connectivity index (χ2n) is 10.2. The van der Waals surface area contributed by atoms with Gasteiger partial charge in [-0.15, -0.1) is 0 Å². The van der Waals surface area contributed by atoms with Gasteiger partial charge in [0, 0.05) is 22.6 Å². The molecule has 2 aliphatic rings. The fourth-order valence-electron chi connectivity index (χ4n) is 5.43. The topological polar surface area (TPSA) is 100 Å². The molecule has 2 aromatic heterocycles. The summed E-state index contributed by atoms with van der Waals surface area (Å²) in [7, 11) is 0. The van der Waals surface area contributed by atoms with Crippen molar-refractivity contribution in [3.8, 4) is 6.07 Å². The summed E-state index contributed by atoms with van der Waals surface area (Å²) in [6.07, 6.45) is 5.67. The number of allylic oxidation sites excluding steroid dienone is 1.